The van der Waals surface area contributed by atoms with Gasteiger partial charge in [-0.1, -0.05) is 0 Å². The number of hydrogen-bond acceptors (Lipinski definition) is 3. The predicted octanol–water partition coefficient (Wildman–Crippen LogP) is 1.43. The molecule has 1 rings (SSSR count). The molecule has 0 bridgehead atoms. The van der Waals surface area contributed by atoms with Crippen LogP contribution in [0.5, 0.6) is 0 Å². The molecule has 0 amide bonds. The fraction of sp³-hybridized carbons (Fsp3) is 0.400. The number of ether oxygens (including phenoxy) is 1. The molecule has 3 nitrogen and oxygen atoms in total. The first-order chi connectivity index (χ1) is 6.22. The molecule has 0 aliphatic rings. The van der Waals surface area contributed by atoms with Gasteiger partial charge in [0.05, 0.1) is 0 Å². The molecule has 0 unspecified atom stereocenters. The quantitative estimate of drug-likeness (QED) is 0.544. The zero-order valence-electron chi connectivity index (χ0n) is 7.92. The average molecular weight is 180 g/mol. The molecule has 0 spiro atoms. The maximum absolute atomic E-state index is 5.65. The van der Waals surface area contributed by atoms with Crippen LogP contribution < -0.4 is 11.5 Å². The number of aryl methyl sites for hydroxylation is 1. The average Bonchev–Trinajstić information content (AvgIpc) is 2.03. The van der Waals surface area contributed by atoms with Crippen LogP contribution in [0.15, 0.2) is 18.2 Å². The molecule has 0 atom stereocenters. The molecular weight excluding hydrogens is 164 g/mol. The first kappa shape index (κ1) is 9.86. The third kappa shape index (κ3) is 3.34. The lowest BCUT2D eigenvalue weighted by Crippen LogP contribution is -1.96. The summed E-state index contributed by atoms with van der Waals surface area (Å²) in [5.41, 5.74) is 13.9. The van der Waals surface area contributed by atoms with Crippen molar-refractivity contribution in [1.29, 1.82) is 0 Å². The van der Waals surface area contributed by atoms with Crippen molar-refractivity contribution in [2.75, 3.05) is 25.2 Å². The van der Waals surface area contributed by atoms with Gasteiger partial charge in [-0.15, -0.1) is 0 Å². The van der Waals surface area contributed by atoms with E-state index in [1.54, 1.807) is 13.2 Å². The molecule has 1 aromatic carbocycles. The summed E-state index contributed by atoms with van der Waals surface area (Å²) in [6, 6.07) is 5.66. The first-order valence-corrected chi connectivity index (χ1v) is 4.36. The highest BCUT2D eigenvalue weighted by Gasteiger charge is 1.96. The van der Waals surface area contributed by atoms with Crippen molar-refractivity contribution in [3.05, 3.63) is 23.8 Å². The SMILES string of the molecule is COCCCc1cc(N)cc(N)c1. The molecule has 72 valence electrons. The molecule has 1 aromatic rings. The molecule has 0 aliphatic carbocycles. The summed E-state index contributed by atoms with van der Waals surface area (Å²) in [4.78, 5) is 0. The van der Waals surface area contributed by atoms with Crippen LogP contribution in [0.1, 0.15) is 12.0 Å². The fourth-order valence-corrected chi connectivity index (χ4v) is 1.31. The second-order valence-corrected chi connectivity index (χ2v) is 3.10. The van der Waals surface area contributed by atoms with Crippen LogP contribution in [0.4, 0.5) is 11.4 Å². The van der Waals surface area contributed by atoms with Crippen LogP contribution in [0.3, 0.4) is 0 Å². The summed E-state index contributed by atoms with van der Waals surface area (Å²) in [5.74, 6) is 0. The number of anilines is 2. The largest absolute Gasteiger partial charge is 0.399 e. The van der Waals surface area contributed by atoms with Crippen molar-refractivity contribution >= 4 is 11.4 Å². The topological polar surface area (TPSA) is 61.3 Å². The Balaban J connectivity index is 2.56. The van der Waals surface area contributed by atoms with E-state index in [0.29, 0.717) is 0 Å². The number of rotatable bonds is 4. The minimum absolute atomic E-state index is 0.729. The van der Waals surface area contributed by atoms with E-state index in [9.17, 15) is 0 Å². The molecule has 3 heteroatoms. The van der Waals surface area contributed by atoms with Crippen LogP contribution in [0.2, 0.25) is 0 Å². The summed E-state index contributed by atoms with van der Waals surface area (Å²) >= 11 is 0. The predicted molar refractivity (Wildman–Crippen MR) is 55.5 cm³/mol. The van der Waals surface area contributed by atoms with E-state index in [0.717, 1.165) is 30.8 Å². The monoisotopic (exact) mass is 180 g/mol. The van der Waals surface area contributed by atoms with E-state index in [1.165, 1.54) is 5.56 Å². The minimum atomic E-state index is 0.729. The van der Waals surface area contributed by atoms with Crippen molar-refractivity contribution in [2.45, 2.75) is 12.8 Å². The van der Waals surface area contributed by atoms with E-state index in [4.69, 9.17) is 16.2 Å². The van der Waals surface area contributed by atoms with Crippen molar-refractivity contribution in [3.63, 3.8) is 0 Å². The highest BCUT2D eigenvalue weighted by Crippen LogP contribution is 2.14. The Hall–Kier alpha value is -1.22. The Labute approximate surface area is 78.7 Å². The highest BCUT2D eigenvalue weighted by atomic mass is 16.5. The van der Waals surface area contributed by atoms with Gasteiger partial charge >= 0.3 is 0 Å². The van der Waals surface area contributed by atoms with Crippen molar-refractivity contribution in [2.24, 2.45) is 0 Å². The molecule has 0 saturated heterocycles. The summed E-state index contributed by atoms with van der Waals surface area (Å²) in [7, 11) is 1.70. The van der Waals surface area contributed by atoms with Gasteiger partial charge in [0.2, 0.25) is 0 Å². The highest BCUT2D eigenvalue weighted by molar-refractivity contribution is 5.54. The number of nitrogens with two attached hydrogens (primary N) is 2. The first-order valence-electron chi connectivity index (χ1n) is 4.36. The molecule has 4 N–H and O–H groups in total. The number of hydrogen-bond donors (Lipinski definition) is 2. The Kier molecular flexibility index (Phi) is 3.58. The summed E-state index contributed by atoms with van der Waals surface area (Å²) in [5, 5.41) is 0. The zero-order valence-corrected chi connectivity index (χ0v) is 7.92. The molecule has 0 heterocycles. The van der Waals surface area contributed by atoms with Gasteiger partial charge in [0.15, 0.2) is 0 Å². The van der Waals surface area contributed by atoms with Crippen LogP contribution in [-0.4, -0.2) is 13.7 Å². The smallest absolute Gasteiger partial charge is 0.0465 e. The molecule has 0 saturated carbocycles. The zero-order chi connectivity index (χ0) is 9.68. The van der Waals surface area contributed by atoms with Crippen LogP contribution in [-0.2, 0) is 11.2 Å². The number of nitrogen functional groups attached to an aromatic ring is 2. The standard InChI is InChI=1S/C10H16N2O/c1-13-4-2-3-8-5-9(11)7-10(12)6-8/h5-7H,2-4,11-12H2,1H3. The molecule has 0 radical (unpaired) electrons. The van der Waals surface area contributed by atoms with E-state index < -0.39 is 0 Å². The summed E-state index contributed by atoms with van der Waals surface area (Å²) in [6.45, 7) is 0.773. The molecular formula is C10H16N2O. The molecule has 0 aromatic heterocycles. The van der Waals surface area contributed by atoms with Crippen molar-refractivity contribution in [3.8, 4) is 0 Å². The van der Waals surface area contributed by atoms with E-state index >= 15 is 0 Å². The van der Waals surface area contributed by atoms with Gasteiger partial charge < -0.3 is 16.2 Å². The number of methoxy groups -OCH3 is 1. The minimum Gasteiger partial charge on any atom is -0.399 e. The van der Waals surface area contributed by atoms with Crippen LogP contribution in [0, 0.1) is 0 Å². The lowest BCUT2D eigenvalue weighted by atomic mass is 10.1. The third-order valence-corrected chi connectivity index (χ3v) is 1.85. The molecule has 0 fully saturated rings. The van der Waals surface area contributed by atoms with E-state index in [-0.39, 0.29) is 0 Å². The summed E-state index contributed by atoms with van der Waals surface area (Å²) in [6.07, 6.45) is 1.96. The Bertz CT molecular complexity index is 253. The Morgan fingerprint density at radius 2 is 1.77 bits per heavy atom. The van der Waals surface area contributed by atoms with Gasteiger partial charge in [-0.2, -0.15) is 0 Å². The fourth-order valence-electron chi connectivity index (χ4n) is 1.31. The number of benzene rings is 1. The lowest BCUT2D eigenvalue weighted by molar-refractivity contribution is 0.195. The van der Waals surface area contributed by atoms with E-state index in [1.807, 2.05) is 12.1 Å². The lowest BCUT2D eigenvalue weighted by Gasteiger charge is -2.04. The summed E-state index contributed by atoms with van der Waals surface area (Å²) < 4.78 is 4.96. The van der Waals surface area contributed by atoms with Gasteiger partial charge in [0, 0.05) is 25.1 Å². The van der Waals surface area contributed by atoms with Crippen LogP contribution >= 0.6 is 0 Å². The normalized spacial score (nSPS) is 10.2. The molecule has 0 aliphatic heterocycles. The second kappa shape index (κ2) is 4.72. The van der Waals surface area contributed by atoms with Gasteiger partial charge in [-0.3, -0.25) is 0 Å². The van der Waals surface area contributed by atoms with Gasteiger partial charge in [-0.25, -0.2) is 0 Å². The maximum atomic E-state index is 5.65. The van der Waals surface area contributed by atoms with E-state index in [2.05, 4.69) is 0 Å². The van der Waals surface area contributed by atoms with Crippen molar-refractivity contribution < 1.29 is 4.74 Å². The maximum Gasteiger partial charge on any atom is 0.0465 e. The van der Waals surface area contributed by atoms with Crippen molar-refractivity contribution in [1.82, 2.24) is 0 Å². The molecule has 13 heavy (non-hydrogen) atoms. The van der Waals surface area contributed by atoms with Gasteiger partial charge in [0.1, 0.15) is 0 Å². The third-order valence-electron chi connectivity index (χ3n) is 1.85. The van der Waals surface area contributed by atoms with Gasteiger partial charge in [-0.05, 0) is 36.6 Å². The second-order valence-electron chi connectivity index (χ2n) is 3.10. The Morgan fingerprint density at radius 1 is 1.15 bits per heavy atom. The van der Waals surface area contributed by atoms with Gasteiger partial charge in [0.25, 0.3) is 0 Å². The Morgan fingerprint density at radius 3 is 2.31 bits per heavy atom. The van der Waals surface area contributed by atoms with Crippen LogP contribution in [0.25, 0.3) is 0 Å².